The monoisotopic (exact) mass is 406 g/mol. The second-order valence-electron chi connectivity index (χ2n) is 8.32. The zero-order valence-corrected chi connectivity index (χ0v) is 17.2. The lowest BCUT2D eigenvalue weighted by molar-refractivity contribution is -0.137. The summed E-state index contributed by atoms with van der Waals surface area (Å²) in [5, 5.41) is 3.17. The maximum Gasteiger partial charge on any atom is 0.251 e. The first kappa shape index (κ1) is 20.3. The second kappa shape index (κ2) is 8.42. The number of aryl methyl sites for hydroxylation is 1. The minimum absolute atomic E-state index is 0.0738. The van der Waals surface area contributed by atoms with Crippen molar-refractivity contribution in [2.75, 3.05) is 4.90 Å². The first-order valence-electron chi connectivity index (χ1n) is 10.6. The molecule has 2 amide bonds. The molecule has 0 spiro atoms. The third-order valence-electron chi connectivity index (χ3n) is 6.17. The molecule has 1 aliphatic carbocycles. The summed E-state index contributed by atoms with van der Waals surface area (Å²) in [6.45, 7) is 1.68. The van der Waals surface area contributed by atoms with Crippen LogP contribution in [0.5, 0.6) is 0 Å². The Balaban J connectivity index is 1.68. The van der Waals surface area contributed by atoms with Crippen LogP contribution in [0.2, 0.25) is 0 Å². The van der Waals surface area contributed by atoms with Crippen LogP contribution in [0.15, 0.2) is 54.6 Å². The van der Waals surface area contributed by atoms with Gasteiger partial charge in [0.05, 0.1) is 6.42 Å². The number of amides is 2. The molecular formula is C25H27FN2O2. The number of hydrogen-bond donors (Lipinski definition) is 1. The Morgan fingerprint density at radius 3 is 2.53 bits per heavy atom. The minimum Gasteiger partial charge on any atom is -0.351 e. The summed E-state index contributed by atoms with van der Waals surface area (Å²) in [6.07, 6.45) is 9.04. The highest BCUT2D eigenvalue weighted by molar-refractivity contribution is 6.15. The number of rotatable bonds is 5. The maximum absolute atomic E-state index is 14.2. The quantitative estimate of drug-likeness (QED) is 0.727. The van der Waals surface area contributed by atoms with Gasteiger partial charge in [-0.3, -0.25) is 14.5 Å². The van der Waals surface area contributed by atoms with Gasteiger partial charge < -0.3 is 5.32 Å². The molecule has 4 nitrogen and oxygen atoms in total. The van der Waals surface area contributed by atoms with Crippen molar-refractivity contribution in [3.63, 3.8) is 0 Å². The number of nitrogens with zero attached hydrogens (tertiary/aromatic N) is 1. The number of benzene rings is 2. The van der Waals surface area contributed by atoms with E-state index in [0.717, 1.165) is 31.2 Å². The Morgan fingerprint density at radius 1 is 1.13 bits per heavy atom. The van der Waals surface area contributed by atoms with E-state index in [-0.39, 0.29) is 30.1 Å². The van der Waals surface area contributed by atoms with E-state index in [1.807, 2.05) is 36.4 Å². The largest absolute Gasteiger partial charge is 0.351 e. The van der Waals surface area contributed by atoms with Crippen molar-refractivity contribution in [3.05, 3.63) is 71.6 Å². The molecule has 0 bridgehead atoms. The number of anilines is 1. The van der Waals surface area contributed by atoms with Gasteiger partial charge in [0.25, 0.3) is 5.91 Å². The Labute approximate surface area is 176 Å². The van der Waals surface area contributed by atoms with Crippen LogP contribution in [-0.2, 0) is 9.59 Å². The van der Waals surface area contributed by atoms with Gasteiger partial charge >= 0.3 is 0 Å². The van der Waals surface area contributed by atoms with Crippen LogP contribution in [0, 0.1) is 12.7 Å². The molecule has 2 fully saturated rings. The SMILES string of the molecule is Cc1ccc(N2C(=O)C[C@@]2(/C=C/c2ccccc2)C(=O)NC2CCCCC2)cc1F. The van der Waals surface area contributed by atoms with Crippen LogP contribution in [0.4, 0.5) is 10.1 Å². The molecular weight excluding hydrogens is 379 g/mol. The van der Waals surface area contributed by atoms with Crippen molar-refractivity contribution in [2.24, 2.45) is 0 Å². The molecule has 2 aromatic carbocycles. The molecule has 1 saturated heterocycles. The van der Waals surface area contributed by atoms with Crippen LogP contribution in [-0.4, -0.2) is 23.4 Å². The van der Waals surface area contributed by atoms with Crippen LogP contribution in [0.1, 0.15) is 49.7 Å². The topological polar surface area (TPSA) is 49.4 Å². The van der Waals surface area contributed by atoms with Gasteiger partial charge in [0.2, 0.25) is 5.91 Å². The smallest absolute Gasteiger partial charge is 0.251 e. The number of hydrogen-bond acceptors (Lipinski definition) is 2. The molecule has 0 aromatic heterocycles. The lowest BCUT2D eigenvalue weighted by atomic mass is 9.80. The van der Waals surface area contributed by atoms with Crippen molar-refractivity contribution < 1.29 is 14.0 Å². The van der Waals surface area contributed by atoms with Gasteiger partial charge in [-0.05, 0) is 49.1 Å². The maximum atomic E-state index is 14.2. The van der Waals surface area contributed by atoms with E-state index < -0.39 is 5.54 Å². The van der Waals surface area contributed by atoms with Crippen LogP contribution >= 0.6 is 0 Å². The Morgan fingerprint density at radius 2 is 1.87 bits per heavy atom. The van der Waals surface area contributed by atoms with Gasteiger partial charge in [0.1, 0.15) is 5.82 Å². The van der Waals surface area contributed by atoms with Crippen LogP contribution in [0.25, 0.3) is 6.08 Å². The summed E-state index contributed by atoms with van der Waals surface area (Å²) in [5.74, 6) is -0.766. The van der Waals surface area contributed by atoms with E-state index in [1.165, 1.54) is 17.4 Å². The molecule has 2 aliphatic rings. The zero-order valence-electron chi connectivity index (χ0n) is 17.2. The van der Waals surface area contributed by atoms with E-state index in [4.69, 9.17) is 0 Å². The molecule has 0 radical (unpaired) electrons. The molecule has 1 N–H and O–H groups in total. The Hall–Kier alpha value is -2.95. The van der Waals surface area contributed by atoms with Crippen molar-refractivity contribution in [1.82, 2.24) is 5.32 Å². The average molecular weight is 407 g/mol. The summed E-state index contributed by atoms with van der Waals surface area (Å²) in [6, 6.07) is 14.5. The van der Waals surface area contributed by atoms with E-state index in [0.29, 0.717) is 11.3 Å². The number of β-lactam (4-membered cyclic amide) rings is 1. The molecule has 4 rings (SSSR count). The minimum atomic E-state index is -1.15. The van der Waals surface area contributed by atoms with Crippen molar-refractivity contribution in [1.29, 1.82) is 0 Å². The highest BCUT2D eigenvalue weighted by atomic mass is 19.1. The highest BCUT2D eigenvalue weighted by Gasteiger charge is 2.56. The Kier molecular flexibility index (Phi) is 5.71. The molecule has 1 heterocycles. The van der Waals surface area contributed by atoms with Gasteiger partial charge in [0, 0.05) is 11.7 Å². The third kappa shape index (κ3) is 3.89. The first-order valence-corrected chi connectivity index (χ1v) is 10.6. The van der Waals surface area contributed by atoms with Crippen LogP contribution in [0.3, 0.4) is 0 Å². The van der Waals surface area contributed by atoms with E-state index in [2.05, 4.69) is 5.32 Å². The molecule has 1 saturated carbocycles. The lowest BCUT2D eigenvalue weighted by Crippen LogP contribution is -2.70. The fourth-order valence-electron chi connectivity index (χ4n) is 4.36. The third-order valence-corrected chi connectivity index (χ3v) is 6.17. The van der Waals surface area contributed by atoms with Crippen molar-refractivity contribution >= 4 is 23.6 Å². The van der Waals surface area contributed by atoms with Gasteiger partial charge in [-0.2, -0.15) is 0 Å². The number of carbonyl (C=O) groups excluding carboxylic acids is 2. The second-order valence-corrected chi connectivity index (χ2v) is 8.32. The zero-order chi connectivity index (χ0) is 21.1. The Bertz CT molecular complexity index is 966. The van der Waals surface area contributed by atoms with Gasteiger partial charge in [-0.1, -0.05) is 61.7 Å². The summed E-state index contributed by atoms with van der Waals surface area (Å²) in [4.78, 5) is 27.5. The van der Waals surface area contributed by atoms with Crippen molar-refractivity contribution in [2.45, 2.75) is 57.0 Å². The number of carbonyl (C=O) groups is 2. The standard InChI is InChI=1S/C25H27FN2O2/c1-18-12-13-21(16-22(18)26)28-23(29)17-25(28,15-14-19-8-4-2-5-9-19)24(30)27-20-10-6-3-7-11-20/h2,4-5,8-9,12-16,20H,3,6-7,10-11,17H2,1H3,(H,27,30)/b15-14+/t25-/m0/s1. The molecule has 156 valence electrons. The van der Waals surface area contributed by atoms with E-state index in [9.17, 15) is 14.0 Å². The van der Waals surface area contributed by atoms with Crippen molar-refractivity contribution in [3.8, 4) is 0 Å². The lowest BCUT2D eigenvalue weighted by Gasteiger charge is -2.49. The summed E-state index contributed by atoms with van der Waals surface area (Å²) >= 11 is 0. The summed E-state index contributed by atoms with van der Waals surface area (Å²) < 4.78 is 14.2. The molecule has 30 heavy (non-hydrogen) atoms. The predicted molar refractivity (Wildman–Crippen MR) is 116 cm³/mol. The van der Waals surface area contributed by atoms with E-state index in [1.54, 1.807) is 25.1 Å². The fourth-order valence-corrected chi connectivity index (χ4v) is 4.36. The highest BCUT2D eigenvalue weighted by Crippen LogP contribution is 2.40. The first-order chi connectivity index (χ1) is 14.5. The summed E-state index contributed by atoms with van der Waals surface area (Å²) in [5.41, 5.74) is 0.706. The molecule has 1 aliphatic heterocycles. The molecule has 1 atom stereocenters. The van der Waals surface area contributed by atoms with Gasteiger partial charge in [0.15, 0.2) is 5.54 Å². The number of nitrogens with one attached hydrogen (secondary N) is 1. The predicted octanol–water partition coefficient (Wildman–Crippen LogP) is 4.77. The molecule has 0 unspecified atom stereocenters. The summed E-state index contributed by atoms with van der Waals surface area (Å²) in [7, 11) is 0. The molecule has 2 aromatic rings. The van der Waals surface area contributed by atoms with Crippen LogP contribution < -0.4 is 10.2 Å². The molecule has 5 heteroatoms. The average Bonchev–Trinajstić information content (AvgIpc) is 2.75. The normalized spacial score (nSPS) is 22.2. The van der Waals surface area contributed by atoms with Gasteiger partial charge in [-0.15, -0.1) is 0 Å². The van der Waals surface area contributed by atoms with Gasteiger partial charge in [-0.25, -0.2) is 4.39 Å². The number of halogens is 1. The fraction of sp³-hybridized carbons (Fsp3) is 0.360. The van der Waals surface area contributed by atoms with E-state index >= 15 is 0 Å².